The Morgan fingerprint density at radius 3 is 3.06 bits per heavy atom. The van der Waals surface area contributed by atoms with E-state index in [1.165, 1.54) is 50.8 Å². The van der Waals surface area contributed by atoms with E-state index in [-0.39, 0.29) is 0 Å². The smallest absolute Gasteiger partial charge is 0.139 e. The SMILES string of the molecule is Bc1ccc2c(c1)C1(CC2)CCN(CCCS)C1. The molecular weight excluding hydrogens is 237 g/mol. The summed E-state index contributed by atoms with van der Waals surface area (Å²) in [6.45, 7) is 3.78. The van der Waals surface area contributed by atoms with Crippen molar-refractivity contribution in [2.24, 2.45) is 0 Å². The molecule has 0 bridgehead atoms. The fourth-order valence-corrected chi connectivity index (χ4v) is 3.92. The van der Waals surface area contributed by atoms with Crippen molar-refractivity contribution in [1.82, 2.24) is 4.90 Å². The lowest BCUT2D eigenvalue weighted by atomic mass is 9.79. The van der Waals surface area contributed by atoms with Crippen LogP contribution >= 0.6 is 12.6 Å². The van der Waals surface area contributed by atoms with E-state index >= 15 is 0 Å². The summed E-state index contributed by atoms with van der Waals surface area (Å²) in [5.41, 5.74) is 5.18. The maximum atomic E-state index is 4.33. The number of aryl methyl sites for hydroxylation is 1. The van der Waals surface area contributed by atoms with E-state index in [1.807, 2.05) is 0 Å². The van der Waals surface area contributed by atoms with Crippen LogP contribution in [0.2, 0.25) is 0 Å². The highest BCUT2D eigenvalue weighted by molar-refractivity contribution is 7.80. The summed E-state index contributed by atoms with van der Waals surface area (Å²) in [6.07, 6.45) is 5.23. The average Bonchev–Trinajstić information content (AvgIpc) is 2.94. The fraction of sp³-hybridized carbons (Fsp3) is 0.600. The molecule has 1 atom stereocenters. The number of hydrogen-bond acceptors (Lipinski definition) is 2. The Hall–Kier alpha value is -0.405. The summed E-state index contributed by atoms with van der Waals surface area (Å²) < 4.78 is 0. The topological polar surface area (TPSA) is 3.24 Å². The summed E-state index contributed by atoms with van der Waals surface area (Å²) in [5.74, 6) is 1.01. The number of thiol groups is 1. The Bertz CT molecular complexity index is 448. The van der Waals surface area contributed by atoms with Crippen LogP contribution in [0.3, 0.4) is 0 Å². The van der Waals surface area contributed by atoms with Crippen molar-refractivity contribution in [3.63, 3.8) is 0 Å². The van der Waals surface area contributed by atoms with Gasteiger partial charge in [0.15, 0.2) is 0 Å². The van der Waals surface area contributed by atoms with Gasteiger partial charge >= 0.3 is 0 Å². The van der Waals surface area contributed by atoms with Gasteiger partial charge in [-0.2, -0.15) is 12.6 Å². The van der Waals surface area contributed by atoms with Crippen molar-refractivity contribution in [2.75, 3.05) is 25.4 Å². The first-order chi connectivity index (χ1) is 8.73. The van der Waals surface area contributed by atoms with Crippen molar-refractivity contribution in [2.45, 2.75) is 31.1 Å². The van der Waals surface area contributed by atoms with Gasteiger partial charge in [-0.1, -0.05) is 23.7 Å². The molecule has 3 rings (SSSR count). The molecule has 1 fully saturated rings. The second kappa shape index (κ2) is 4.94. The molecule has 1 aliphatic carbocycles. The van der Waals surface area contributed by atoms with Crippen LogP contribution in [0.25, 0.3) is 0 Å². The summed E-state index contributed by atoms with van der Waals surface area (Å²) in [5, 5.41) is 0. The van der Waals surface area contributed by atoms with Gasteiger partial charge < -0.3 is 4.90 Å². The van der Waals surface area contributed by atoms with Gasteiger partial charge in [0.05, 0.1) is 0 Å². The van der Waals surface area contributed by atoms with E-state index in [4.69, 9.17) is 0 Å². The van der Waals surface area contributed by atoms with Crippen LogP contribution in [0.5, 0.6) is 0 Å². The van der Waals surface area contributed by atoms with Crippen LogP contribution in [-0.4, -0.2) is 38.1 Å². The molecule has 1 heterocycles. The Kier molecular flexibility index (Phi) is 3.46. The number of rotatable bonds is 3. The van der Waals surface area contributed by atoms with Crippen molar-refractivity contribution in [3.05, 3.63) is 29.3 Å². The Morgan fingerprint density at radius 1 is 1.33 bits per heavy atom. The molecule has 1 nitrogen and oxygen atoms in total. The van der Waals surface area contributed by atoms with Crippen molar-refractivity contribution >= 4 is 25.9 Å². The average molecular weight is 259 g/mol. The Labute approximate surface area is 117 Å². The minimum atomic E-state index is 0.484. The third-order valence-electron chi connectivity index (χ3n) is 4.77. The first kappa shape index (κ1) is 12.6. The molecule has 1 aliphatic heterocycles. The monoisotopic (exact) mass is 259 g/mol. The van der Waals surface area contributed by atoms with Gasteiger partial charge in [-0.05, 0) is 55.7 Å². The number of hydrogen-bond donors (Lipinski definition) is 1. The van der Waals surface area contributed by atoms with Crippen LogP contribution in [0, 0.1) is 0 Å². The molecule has 1 unspecified atom stereocenters. The summed E-state index contributed by atoms with van der Waals surface area (Å²) >= 11 is 4.33. The summed E-state index contributed by atoms with van der Waals surface area (Å²) in [6, 6.07) is 7.08. The van der Waals surface area contributed by atoms with Crippen molar-refractivity contribution < 1.29 is 0 Å². The highest BCUT2D eigenvalue weighted by Gasteiger charge is 2.43. The number of benzene rings is 1. The van der Waals surface area contributed by atoms with E-state index in [1.54, 1.807) is 11.1 Å². The number of nitrogens with zero attached hydrogens (tertiary/aromatic N) is 1. The van der Waals surface area contributed by atoms with E-state index in [0.29, 0.717) is 5.41 Å². The molecule has 0 radical (unpaired) electrons. The summed E-state index contributed by atoms with van der Waals surface area (Å²) in [7, 11) is 2.22. The molecule has 96 valence electrons. The molecule has 1 aromatic carbocycles. The van der Waals surface area contributed by atoms with Crippen LogP contribution in [0.1, 0.15) is 30.4 Å². The first-order valence-electron chi connectivity index (χ1n) is 7.17. The fourth-order valence-electron chi connectivity index (χ4n) is 3.78. The van der Waals surface area contributed by atoms with Crippen molar-refractivity contribution in [3.8, 4) is 0 Å². The zero-order chi connectivity index (χ0) is 12.6. The second-order valence-electron chi connectivity index (χ2n) is 6.04. The van der Waals surface area contributed by atoms with Crippen LogP contribution < -0.4 is 5.46 Å². The van der Waals surface area contributed by atoms with Gasteiger partial charge in [0.2, 0.25) is 0 Å². The van der Waals surface area contributed by atoms with Gasteiger partial charge in [0.1, 0.15) is 7.85 Å². The zero-order valence-corrected chi connectivity index (χ0v) is 12.2. The van der Waals surface area contributed by atoms with Gasteiger partial charge in [-0.3, -0.25) is 0 Å². The molecule has 18 heavy (non-hydrogen) atoms. The molecule has 0 N–H and O–H groups in total. The molecule has 0 aromatic heterocycles. The normalized spacial score (nSPS) is 26.9. The van der Waals surface area contributed by atoms with Gasteiger partial charge in [-0.25, -0.2) is 0 Å². The third-order valence-corrected chi connectivity index (χ3v) is 5.09. The van der Waals surface area contributed by atoms with Gasteiger partial charge in [0, 0.05) is 12.0 Å². The predicted molar refractivity (Wildman–Crippen MR) is 84.1 cm³/mol. The van der Waals surface area contributed by atoms with E-state index < -0.39 is 0 Å². The quantitative estimate of drug-likeness (QED) is 0.629. The molecule has 0 saturated carbocycles. The van der Waals surface area contributed by atoms with Gasteiger partial charge in [-0.15, -0.1) is 0 Å². The molecule has 3 heteroatoms. The Morgan fingerprint density at radius 2 is 2.22 bits per heavy atom. The largest absolute Gasteiger partial charge is 0.302 e. The molecule has 1 aromatic rings. The molecule has 1 spiro atoms. The third kappa shape index (κ3) is 2.12. The minimum absolute atomic E-state index is 0.484. The Balaban J connectivity index is 1.81. The maximum Gasteiger partial charge on any atom is 0.139 e. The summed E-state index contributed by atoms with van der Waals surface area (Å²) in [4.78, 5) is 2.65. The molecule has 1 saturated heterocycles. The maximum absolute atomic E-state index is 4.33. The first-order valence-corrected chi connectivity index (χ1v) is 7.80. The minimum Gasteiger partial charge on any atom is -0.302 e. The lowest BCUT2D eigenvalue weighted by Crippen LogP contribution is -2.30. The predicted octanol–water partition coefficient (Wildman–Crippen LogP) is 1.15. The van der Waals surface area contributed by atoms with Crippen LogP contribution in [0.4, 0.5) is 0 Å². The lowest BCUT2D eigenvalue weighted by molar-refractivity contribution is 0.310. The molecule has 2 aliphatic rings. The lowest BCUT2D eigenvalue weighted by Gasteiger charge is -2.26. The number of fused-ring (bicyclic) bond motifs is 2. The zero-order valence-electron chi connectivity index (χ0n) is 11.3. The standard InChI is InChI=1S/C15H22BNS/c16-13-3-2-12-4-5-15(14(12)10-13)6-8-17(11-15)7-1-9-18/h2-3,10,18H,1,4-9,11,16H2. The van der Waals surface area contributed by atoms with Crippen LogP contribution in [-0.2, 0) is 11.8 Å². The highest BCUT2D eigenvalue weighted by Crippen LogP contribution is 2.44. The van der Waals surface area contributed by atoms with E-state index in [9.17, 15) is 0 Å². The van der Waals surface area contributed by atoms with E-state index in [2.05, 4.69) is 43.6 Å². The molecule has 0 amide bonds. The van der Waals surface area contributed by atoms with Crippen molar-refractivity contribution in [1.29, 1.82) is 0 Å². The number of likely N-dealkylation sites (tertiary alicyclic amines) is 1. The van der Waals surface area contributed by atoms with Gasteiger partial charge in [0.25, 0.3) is 0 Å². The van der Waals surface area contributed by atoms with Crippen LogP contribution in [0.15, 0.2) is 18.2 Å². The highest BCUT2D eigenvalue weighted by atomic mass is 32.1. The second-order valence-corrected chi connectivity index (χ2v) is 6.49. The molecular formula is C15H22BNS. The van der Waals surface area contributed by atoms with E-state index in [0.717, 1.165) is 5.75 Å².